The van der Waals surface area contributed by atoms with Crippen molar-refractivity contribution in [2.45, 2.75) is 70.5 Å². The Balaban J connectivity index is 2.79. The van der Waals surface area contributed by atoms with Gasteiger partial charge in [-0.25, -0.2) is 0 Å². The summed E-state index contributed by atoms with van der Waals surface area (Å²) in [4.78, 5) is 38.1. The maximum Gasteiger partial charge on any atom is 0.245 e. The molecule has 0 spiro atoms. The van der Waals surface area contributed by atoms with Gasteiger partial charge in [-0.15, -0.1) is 0 Å². The molecule has 7 nitrogen and oxygen atoms in total. The second-order valence-electron chi connectivity index (χ2n) is 7.12. The van der Waals surface area contributed by atoms with E-state index in [9.17, 15) is 14.4 Å². The molecule has 3 atom stereocenters. The summed E-state index contributed by atoms with van der Waals surface area (Å²) in [6.45, 7) is 5.20. The van der Waals surface area contributed by atoms with Gasteiger partial charge in [-0.05, 0) is 58.0 Å². The van der Waals surface area contributed by atoms with Crippen LogP contribution >= 0.6 is 0 Å². The van der Waals surface area contributed by atoms with Gasteiger partial charge in [0, 0.05) is 6.54 Å². The van der Waals surface area contributed by atoms with Gasteiger partial charge in [0.25, 0.3) is 0 Å². The molecule has 143 valence electrons. The average Bonchev–Trinajstić information content (AvgIpc) is 3.06. The number of nitrogens with zero attached hydrogens (tertiary/aromatic N) is 1. The Kier molecular flexibility index (Phi) is 9.67. The van der Waals surface area contributed by atoms with Gasteiger partial charge in [0.2, 0.25) is 18.1 Å². The molecule has 0 aromatic rings. The first-order valence-electron chi connectivity index (χ1n) is 9.30. The standard InChI is InChI=1S/C18H33N4O3/c1-13(2)11-16(20-3)17(24)21-15(8-4-5-9-19)18(25)22-10-6-7-14(22)12-23/h13-16,20H,4-11,19H2,1-3H3,(H,21,24)/t14-,15-,16-/m0/s1. The fourth-order valence-electron chi connectivity index (χ4n) is 3.20. The van der Waals surface area contributed by atoms with Gasteiger partial charge < -0.3 is 21.3 Å². The van der Waals surface area contributed by atoms with Crippen molar-refractivity contribution >= 4 is 18.1 Å². The van der Waals surface area contributed by atoms with Gasteiger partial charge in [0.1, 0.15) is 6.04 Å². The number of likely N-dealkylation sites (N-methyl/N-ethyl adjacent to an activating group) is 1. The number of rotatable bonds is 11. The molecule has 1 aliphatic heterocycles. The van der Waals surface area contributed by atoms with Crippen LogP contribution in [0.2, 0.25) is 0 Å². The molecule has 25 heavy (non-hydrogen) atoms. The van der Waals surface area contributed by atoms with Crippen LogP contribution in [0.1, 0.15) is 52.4 Å². The minimum absolute atomic E-state index is 0.173. The molecular weight excluding hydrogens is 320 g/mol. The first kappa shape index (κ1) is 21.6. The molecule has 0 aromatic heterocycles. The molecule has 1 radical (unpaired) electrons. The number of carbonyl (C=O) groups excluding carboxylic acids is 3. The fraction of sp³-hybridized carbons (Fsp3) is 0.833. The Labute approximate surface area is 151 Å². The molecule has 7 heteroatoms. The minimum atomic E-state index is -0.615. The normalized spacial score (nSPS) is 19.7. The fourth-order valence-corrected chi connectivity index (χ4v) is 3.20. The van der Waals surface area contributed by atoms with E-state index in [0.717, 1.165) is 19.3 Å². The Morgan fingerprint density at radius 3 is 2.56 bits per heavy atom. The molecule has 0 bridgehead atoms. The third kappa shape index (κ3) is 6.74. The summed E-state index contributed by atoms with van der Waals surface area (Å²) < 4.78 is 0. The summed E-state index contributed by atoms with van der Waals surface area (Å²) in [6.07, 6.45) is 6.15. The van der Waals surface area contributed by atoms with Gasteiger partial charge in [-0.2, -0.15) is 0 Å². The lowest BCUT2D eigenvalue weighted by Gasteiger charge is -2.28. The summed E-state index contributed by atoms with van der Waals surface area (Å²) in [7, 11) is 1.75. The van der Waals surface area contributed by atoms with Gasteiger partial charge in [0.15, 0.2) is 0 Å². The zero-order valence-corrected chi connectivity index (χ0v) is 15.7. The number of unbranched alkanes of at least 4 members (excludes halogenated alkanes) is 1. The van der Waals surface area contributed by atoms with Crippen LogP contribution in [0.25, 0.3) is 0 Å². The largest absolute Gasteiger partial charge is 0.343 e. The van der Waals surface area contributed by atoms with E-state index in [-0.39, 0.29) is 17.9 Å². The van der Waals surface area contributed by atoms with E-state index in [1.807, 2.05) is 6.29 Å². The van der Waals surface area contributed by atoms with E-state index in [1.165, 1.54) is 0 Å². The van der Waals surface area contributed by atoms with Crippen LogP contribution in [-0.2, 0) is 14.4 Å². The molecule has 1 fully saturated rings. The number of amides is 2. The monoisotopic (exact) mass is 353 g/mol. The van der Waals surface area contributed by atoms with E-state index in [4.69, 9.17) is 5.73 Å². The van der Waals surface area contributed by atoms with Gasteiger partial charge in [0.05, 0.1) is 12.1 Å². The van der Waals surface area contributed by atoms with Crippen molar-refractivity contribution in [2.75, 3.05) is 20.1 Å². The Morgan fingerprint density at radius 1 is 1.28 bits per heavy atom. The predicted molar refractivity (Wildman–Crippen MR) is 97.6 cm³/mol. The highest BCUT2D eigenvalue weighted by Gasteiger charge is 2.34. The number of nitrogens with one attached hydrogen (secondary N) is 2. The van der Waals surface area contributed by atoms with Crippen LogP contribution in [0.4, 0.5) is 0 Å². The molecule has 1 aliphatic rings. The van der Waals surface area contributed by atoms with Crippen molar-refractivity contribution in [1.29, 1.82) is 0 Å². The first-order chi connectivity index (χ1) is 11.9. The van der Waals surface area contributed by atoms with Crippen molar-refractivity contribution in [3.63, 3.8) is 0 Å². The Hall–Kier alpha value is -1.47. The number of carbonyl (C=O) groups is 2. The van der Waals surface area contributed by atoms with E-state index >= 15 is 0 Å². The minimum Gasteiger partial charge on any atom is -0.343 e. The van der Waals surface area contributed by atoms with E-state index in [2.05, 4.69) is 24.5 Å². The van der Waals surface area contributed by atoms with Crippen LogP contribution in [0.5, 0.6) is 0 Å². The summed E-state index contributed by atoms with van der Waals surface area (Å²) in [5.74, 6) is 0.00552. The smallest absolute Gasteiger partial charge is 0.245 e. The molecule has 0 aromatic carbocycles. The molecular formula is C18H33N4O3. The van der Waals surface area contributed by atoms with Crippen LogP contribution in [-0.4, -0.2) is 61.3 Å². The number of hydrogen-bond donors (Lipinski definition) is 3. The number of nitrogens with two attached hydrogens (primary N) is 1. The molecule has 0 saturated carbocycles. The maximum absolute atomic E-state index is 12.9. The third-order valence-corrected chi connectivity index (χ3v) is 4.61. The van der Waals surface area contributed by atoms with Crippen molar-refractivity contribution in [2.24, 2.45) is 11.7 Å². The van der Waals surface area contributed by atoms with E-state index < -0.39 is 12.1 Å². The second-order valence-corrected chi connectivity index (χ2v) is 7.12. The molecule has 1 heterocycles. The Bertz CT molecular complexity index is 442. The predicted octanol–water partition coefficient (Wildman–Crippen LogP) is 0.335. The second kappa shape index (κ2) is 11.2. The van der Waals surface area contributed by atoms with Crippen molar-refractivity contribution in [3.8, 4) is 0 Å². The summed E-state index contributed by atoms with van der Waals surface area (Å²) >= 11 is 0. The maximum atomic E-state index is 12.9. The summed E-state index contributed by atoms with van der Waals surface area (Å²) in [5.41, 5.74) is 5.54. The lowest BCUT2D eigenvalue weighted by atomic mass is 10.0. The lowest BCUT2D eigenvalue weighted by Crippen LogP contribution is -2.54. The molecule has 1 saturated heterocycles. The van der Waals surface area contributed by atoms with Crippen LogP contribution in [0.3, 0.4) is 0 Å². The zero-order valence-electron chi connectivity index (χ0n) is 15.7. The van der Waals surface area contributed by atoms with Gasteiger partial charge >= 0.3 is 0 Å². The SMILES string of the molecule is CN[C@@H](CC(C)C)C(=O)N[C@@H](CCCCN)C(=O)N1CCC[C@H]1[C]=O. The van der Waals surface area contributed by atoms with Crippen molar-refractivity contribution in [1.82, 2.24) is 15.5 Å². The first-order valence-corrected chi connectivity index (χ1v) is 9.30. The third-order valence-electron chi connectivity index (χ3n) is 4.61. The quantitative estimate of drug-likeness (QED) is 0.465. The molecule has 2 amide bonds. The van der Waals surface area contributed by atoms with Crippen molar-refractivity contribution < 1.29 is 14.4 Å². The zero-order chi connectivity index (χ0) is 18.8. The van der Waals surface area contributed by atoms with Crippen LogP contribution in [0.15, 0.2) is 0 Å². The Morgan fingerprint density at radius 2 is 2.00 bits per heavy atom. The highest BCUT2D eigenvalue weighted by molar-refractivity contribution is 5.91. The number of likely N-dealkylation sites (tertiary alicyclic amines) is 1. The molecule has 4 N–H and O–H groups in total. The topological polar surface area (TPSA) is 105 Å². The van der Waals surface area contributed by atoms with E-state index in [1.54, 1.807) is 11.9 Å². The summed E-state index contributed by atoms with van der Waals surface area (Å²) in [5, 5.41) is 5.91. The van der Waals surface area contributed by atoms with Crippen LogP contribution < -0.4 is 16.4 Å². The number of hydrogen-bond acceptors (Lipinski definition) is 5. The van der Waals surface area contributed by atoms with Gasteiger partial charge in [-0.3, -0.25) is 14.4 Å². The average molecular weight is 353 g/mol. The van der Waals surface area contributed by atoms with Crippen LogP contribution in [0, 0.1) is 5.92 Å². The molecule has 1 rings (SSSR count). The van der Waals surface area contributed by atoms with E-state index in [0.29, 0.717) is 38.3 Å². The molecule has 0 unspecified atom stereocenters. The lowest BCUT2D eigenvalue weighted by molar-refractivity contribution is -0.137. The molecule has 0 aliphatic carbocycles. The summed E-state index contributed by atoms with van der Waals surface area (Å²) in [6, 6.07) is -1.44. The van der Waals surface area contributed by atoms with Crippen molar-refractivity contribution in [3.05, 3.63) is 0 Å². The van der Waals surface area contributed by atoms with Gasteiger partial charge in [-0.1, -0.05) is 13.8 Å². The highest BCUT2D eigenvalue weighted by Crippen LogP contribution is 2.18. The highest BCUT2D eigenvalue weighted by atomic mass is 16.2.